The first-order valence-electron chi connectivity index (χ1n) is 3.98. The smallest absolute Gasteiger partial charge is 0.258 e. The summed E-state index contributed by atoms with van der Waals surface area (Å²) < 4.78 is 0. The van der Waals surface area contributed by atoms with Crippen molar-refractivity contribution in [3.63, 3.8) is 0 Å². The second-order valence-corrected chi connectivity index (χ2v) is 2.83. The molecular formula is C8H5N3O5. The van der Waals surface area contributed by atoms with Gasteiger partial charge >= 0.3 is 0 Å². The molecule has 0 aromatic heterocycles. The summed E-state index contributed by atoms with van der Waals surface area (Å²) in [7, 11) is 0. The molecule has 0 aliphatic carbocycles. The summed E-state index contributed by atoms with van der Waals surface area (Å²) in [5.74, 6) is 0. The molecule has 0 unspecified atom stereocenters. The summed E-state index contributed by atoms with van der Waals surface area (Å²) >= 11 is 0. The molecule has 8 heteroatoms. The quantitative estimate of drug-likeness (QED) is 0.335. The van der Waals surface area contributed by atoms with Crippen molar-refractivity contribution in [2.45, 2.75) is 6.92 Å². The summed E-state index contributed by atoms with van der Waals surface area (Å²) in [6.07, 6.45) is 1.19. The number of nitrogens with zero attached hydrogens (tertiary/aromatic N) is 3. The van der Waals surface area contributed by atoms with E-state index in [2.05, 4.69) is 4.99 Å². The molecule has 0 aliphatic heterocycles. The molecule has 0 N–H and O–H groups in total. The van der Waals surface area contributed by atoms with Crippen molar-refractivity contribution in [3.05, 3.63) is 37.9 Å². The van der Waals surface area contributed by atoms with E-state index in [1.807, 2.05) is 0 Å². The van der Waals surface area contributed by atoms with Gasteiger partial charge in [0.05, 0.1) is 27.2 Å². The van der Waals surface area contributed by atoms with E-state index in [4.69, 9.17) is 0 Å². The van der Waals surface area contributed by atoms with Crippen molar-refractivity contribution in [1.29, 1.82) is 0 Å². The molecule has 16 heavy (non-hydrogen) atoms. The lowest BCUT2D eigenvalue weighted by Gasteiger charge is -2.00. The topological polar surface area (TPSA) is 116 Å². The maximum absolute atomic E-state index is 10.6. The Hall–Kier alpha value is -2.60. The van der Waals surface area contributed by atoms with E-state index in [1.54, 1.807) is 0 Å². The highest BCUT2D eigenvalue weighted by Crippen LogP contribution is 2.32. The zero-order valence-electron chi connectivity index (χ0n) is 8.04. The summed E-state index contributed by atoms with van der Waals surface area (Å²) in [6.45, 7) is 1.35. The van der Waals surface area contributed by atoms with Crippen LogP contribution >= 0.6 is 0 Å². The fraction of sp³-hybridized carbons (Fsp3) is 0.125. The number of hydrogen-bond acceptors (Lipinski definition) is 6. The number of non-ortho nitro benzene ring substituents is 1. The predicted octanol–water partition coefficient (Wildman–Crippen LogP) is 1.78. The molecule has 8 nitrogen and oxygen atoms in total. The first-order chi connectivity index (χ1) is 7.47. The normalized spacial score (nSPS) is 9.31. The van der Waals surface area contributed by atoms with Crippen LogP contribution in [-0.4, -0.2) is 15.9 Å². The predicted molar refractivity (Wildman–Crippen MR) is 52.3 cm³/mol. The van der Waals surface area contributed by atoms with Crippen molar-refractivity contribution in [3.8, 4) is 0 Å². The summed E-state index contributed by atoms with van der Waals surface area (Å²) in [5, 5.41) is 21.1. The minimum absolute atomic E-state index is 0.0824. The Kier molecular flexibility index (Phi) is 3.07. The van der Waals surface area contributed by atoms with Crippen LogP contribution in [0.25, 0.3) is 0 Å². The zero-order chi connectivity index (χ0) is 12.3. The average molecular weight is 223 g/mol. The SMILES string of the molecule is Cc1c(N=C=O)cc([N+](=O)[O-])cc1[N+](=O)[O-]. The lowest BCUT2D eigenvalue weighted by atomic mass is 10.1. The Bertz CT molecular complexity index is 495. The molecule has 0 atom stereocenters. The van der Waals surface area contributed by atoms with Gasteiger partial charge in [-0.2, -0.15) is 4.99 Å². The van der Waals surface area contributed by atoms with Gasteiger partial charge < -0.3 is 0 Å². The van der Waals surface area contributed by atoms with E-state index in [0.29, 0.717) is 0 Å². The molecule has 0 spiro atoms. The molecule has 0 saturated carbocycles. The third-order valence-electron chi connectivity index (χ3n) is 1.91. The van der Waals surface area contributed by atoms with Crippen molar-refractivity contribution in [1.82, 2.24) is 0 Å². The summed E-state index contributed by atoms with van der Waals surface area (Å²) in [5.41, 5.74) is -0.996. The van der Waals surface area contributed by atoms with Gasteiger partial charge in [0, 0.05) is 6.07 Å². The number of hydrogen-bond donors (Lipinski definition) is 0. The van der Waals surface area contributed by atoms with Crippen LogP contribution < -0.4 is 0 Å². The minimum atomic E-state index is -0.795. The molecule has 82 valence electrons. The third kappa shape index (κ3) is 2.07. The Morgan fingerprint density at radius 1 is 1.25 bits per heavy atom. The number of nitro groups is 2. The Labute approximate surface area is 88.5 Å². The van der Waals surface area contributed by atoms with Gasteiger partial charge in [0.2, 0.25) is 6.08 Å². The van der Waals surface area contributed by atoms with Gasteiger partial charge in [-0.1, -0.05) is 0 Å². The van der Waals surface area contributed by atoms with Crippen molar-refractivity contribution < 1.29 is 14.6 Å². The van der Waals surface area contributed by atoms with Crippen LogP contribution in [0.4, 0.5) is 17.1 Å². The van der Waals surface area contributed by atoms with Crippen LogP contribution in [0.1, 0.15) is 5.56 Å². The fourth-order valence-corrected chi connectivity index (χ4v) is 1.13. The van der Waals surface area contributed by atoms with Crippen molar-refractivity contribution >= 4 is 23.1 Å². The lowest BCUT2D eigenvalue weighted by molar-refractivity contribution is -0.394. The highest BCUT2D eigenvalue weighted by Gasteiger charge is 2.21. The molecule has 1 rings (SSSR count). The van der Waals surface area contributed by atoms with Gasteiger partial charge in [-0.05, 0) is 6.92 Å². The van der Waals surface area contributed by atoms with Gasteiger partial charge in [0.1, 0.15) is 0 Å². The van der Waals surface area contributed by atoms with E-state index in [9.17, 15) is 25.0 Å². The van der Waals surface area contributed by atoms with Crippen LogP contribution in [0, 0.1) is 27.2 Å². The van der Waals surface area contributed by atoms with Crippen LogP contribution in [0.3, 0.4) is 0 Å². The zero-order valence-corrected chi connectivity index (χ0v) is 8.04. The van der Waals surface area contributed by atoms with E-state index in [0.717, 1.165) is 12.1 Å². The molecule has 0 heterocycles. The van der Waals surface area contributed by atoms with E-state index >= 15 is 0 Å². The van der Waals surface area contributed by atoms with Crippen LogP contribution in [0.5, 0.6) is 0 Å². The molecule has 1 aromatic carbocycles. The van der Waals surface area contributed by atoms with Gasteiger partial charge in [-0.3, -0.25) is 20.2 Å². The first kappa shape index (κ1) is 11.5. The number of benzene rings is 1. The van der Waals surface area contributed by atoms with Crippen LogP contribution in [0.2, 0.25) is 0 Å². The molecule has 0 fully saturated rings. The van der Waals surface area contributed by atoms with E-state index < -0.39 is 21.2 Å². The molecule has 0 bridgehead atoms. The lowest BCUT2D eigenvalue weighted by Crippen LogP contribution is -1.95. The highest BCUT2D eigenvalue weighted by atomic mass is 16.6. The second-order valence-electron chi connectivity index (χ2n) is 2.83. The van der Waals surface area contributed by atoms with Gasteiger partial charge in [-0.25, -0.2) is 4.79 Å². The average Bonchev–Trinajstić information content (AvgIpc) is 2.20. The second kappa shape index (κ2) is 4.28. The van der Waals surface area contributed by atoms with Gasteiger partial charge in [0.25, 0.3) is 11.4 Å². The maximum atomic E-state index is 10.6. The first-order valence-corrected chi connectivity index (χ1v) is 3.98. The summed E-state index contributed by atoms with van der Waals surface area (Å²) in [6, 6.07) is 1.80. The molecule has 0 aliphatic rings. The molecule has 0 radical (unpaired) electrons. The van der Waals surface area contributed by atoms with E-state index in [1.165, 1.54) is 13.0 Å². The summed E-state index contributed by atoms with van der Waals surface area (Å²) in [4.78, 5) is 32.8. The largest absolute Gasteiger partial charge is 0.281 e. The van der Waals surface area contributed by atoms with Crippen molar-refractivity contribution in [2.24, 2.45) is 4.99 Å². The van der Waals surface area contributed by atoms with Crippen molar-refractivity contribution in [2.75, 3.05) is 0 Å². The molecule has 0 amide bonds. The number of nitro benzene ring substituents is 2. The van der Waals surface area contributed by atoms with Gasteiger partial charge in [-0.15, -0.1) is 0 Å². The molecular weight excluding hydrogens is 218 g/mol. The molecule has 0 saturated heterocycles. The number of isocyanates is 1. The van der Waals surface area contributed by atoms with Crippen LogP contribution in [-0.2, 0) is 4.79 Å². The fourth-order valence-electron chi connectivity index (χ4n) is 1.13. The minimum Gasteiger partial charge on any atom is -0.258 e. The van der Waals surface area contributed by atoms with Crippen LogP contribution in [0.15, 0.2) is 17.1 Å². The number of aliphatic imine (C=N–C) groups is 1. The van der Waals surface area contributed by atoms with E-state index in [-0.39, 0.29) is 11.3 Å². The number of rotatable bonds is 3. The Morgan fingerprint density at radius 3 is 2.31 bits per heavy atom. The Morgan fingerprint density at radius 2 is 1.88 bits per heavy atom. The third-order valence-corrected chi connectivity index (χ3v) is 1.91. The molecule has 1 aromatic rings. The van der Waals surface area contributed by atoms with Gasteiger partial charge in [0.15, 0.2) is 0 Å². The number of carbonyl (C=O) groups excluding carboxylic acids is 1. The highest BCUT2D eigenvalue weighted by molar-refractivity contribution is 5.65. The standard InChI is InChI=1S/C8H5N3O5/c1-5-7(9-4-12)2-6(10(13)14)3-8(5)11(15)16/h2-3H,1H3. The Balaban J connectivity index is 3.56. The maximum Gasteiger partial charge on any atom is 0.281 e. The monoisotopic (exact) mass is 223 g/mol.